The van der Waals surface area contributed by atoms with E-state index in [1.165, 1.54) is 18.7 Å². The molecule has 3 aromatic rings. The molecule has 0 radical (unpaired) electrons. The molecule has 0 bridgehead atoms. The molecule has 0 unspecified atom stereocenters. The molecule has 3 rings (SSSR count). The molecule has 160 valence electrons. The second kappa shape index (κ2) is 10.6. The zero-order chi connectivity index (χ0) is 22.2. The van der Waals surface area contributed by atoms with Gasteiger partial charge in [0.15, 0.2) is 16.8 Å². The number of nitrogens with one attached hydrogen (secondary N) is 1. The summed E-state index contributed by atoms with van der Waals surface area (Å²) in [5, 5.41) is 12.1. The van der Waals surface area contributed by atoms with Crippen molar-refractivity contribution in [3.8, 4) is 17.1 Å². The summed E-state index contributed by atoms with van der Waals surface area (Å²) in [6.45, 7) is 8.30. The molecule has 31 heavy (non-hydrogen) atoms. The fourth-order valence-corrected chi connectivity index (χ4v) is 3.68. The molecular formula is C23H24N4O3S. The molecule has 0 spiro atoms. The number of carbonyl (C=O) groups excluding carboxylic acids is 2. The molecule has 8 heteroatoms. The van der Waals surface area contributed by atoms with Gasteiger partial charge >= 0.3 is 0 Å². The van der Waals surface area contributed by atoms with E-state index in [4.69, 9.17) is 4.74 Å². The molecule has 0 aliphatic rings. The van der Waals surface area contributed by atoms with Crippen molar-refractivity contribution in [2.24, 2.45) is 0 Å². The molecule has 0 aliphatic carbocycles. The van der Waals surface area contributed by atoms with Crippen LogP contribution in [-0.2, 0) is 11.3 Å². The maximum Gasteiger partial charge on any atom is 0.234 e. The predicted octanol–water partition coefficient (Wildman–Crippen LogP) is 4.46. The average molecular weight is 437 g/mol. The van der Waals surface area contributed by atoms with E-state index in [0.29, 0.717) is 35.4 Å². The van der Waals surface area contributed by atoms with Crippen LogP contribution in [0.15, 0.2) is 66.3 Å². The number of carbonyl (C=O) groups is 2. The first kappa shape index (κ1) is 22.3. The number of rotatable bonds is 10. The molecule has 7 nitrogen and oxygen atoms in total. The van der Waals surface area contributed by atoms with Gasteiger partial charge in [0.05, 0.1) is 17.9 Å². The minimum atomic E-state index is -0.176. The van der Waals surface area contributed by atoms with Crippen LogP contribution in [0.2, 0.25) is 0 Å². The first-order valence-corrected chi connectivity index (χ1v) is 10.8. The van der Waals surface area contributed by atoms with Crippen molar-refractivity contribution in [3.63, 3.8) is 0 Å². The van der Waals surface area contributed by atoms with Crippen LogP contribution >= 0.6 is 11.8 Å². The van der Waals surface area contributed by atoms with Crippen LogP contribution in [0.4, 0.5) is 5.69 Å². The second-order valence-corrected chi connectivity index (χ2v) is 7.55. The van der Waals surface area contributed by atoms with Crippen LogP contribution in [0.3, 0.4) is 0 Å². The van der Waals surface area contributed by atoms with Crippen LogP contribution in [-0.4, -0.2) is 38.8 Å². The van der Waals surface area contributed by atoms with Crippen molar-refractivity contribution in [1.82, 2.24) is 14.8 Å². The number of ketones is 1. The van der Waals surface area contributed by atoms with Gasteiger partial charge in [-0.2, -0.15) is 0 Å². The van der Waals surface area contributed by atoms with E-state index < -0.39 is 0 Å². The van der Waals surface area contributed by atoms with Gasteiger partial charge in [0.2, 0.25) is 5.91 Å². The zero-order valence-corrected chi connectivity index (χ0v) is 18.3. The van der Waals surface area contributed by atoms with Crippen LogP contribution in [0.5, 0.6) is 5.75 Å². The Morgan fingerprint density at radius 3 is 2.58 bits per heavy atom. The number of Topliss-reactive ketones (excluding diaryl/α,β-unsaturated/α-hetero) is 1. The minimum Gasteiger partial charge on any atom is -0.493 e. The number of ether oxygens (including phenoxy) is 1. The number of benzene rings is 2. The molecular weight excluding hydrogens is 412 g/mol. The maximum atomic E-state index is 12.4. The number of amides is 1. The van der Waals surface area contributed by atoms with Crippen molar-refractivity contribution in [2.45, 2.75) is 25.5 Å². The van der Waals surface area contributed by atoms with Crippen LogP contribution in [0.1, 0.15) is 24.2 Å². The number of aromatic nitrogens is 3. The molecule has 0 saturated carbocycles. The highest BCUT2D eigenvalue weighted by Crippen LogP contribution is 2.31. The predicted molar refractivity (Wildman–Crippen MR) is 123 cm³/mol. The third-order valence-electron chi connectivity index (χ3n) is 4.36. The number of anilines is 1. The molecule has 0 aliphatic heterocycles. The largest absolute Gasteiger partial charge is 0.493 e. The standard InChI is InChI=1S/C23H24N4O3S/c1-4-14-27-22(19-8-6-7-9-20(19)30-5-2)25-26-23(27)31-15-21(29)24-18-12-10-17(11-13-18)16(3)28/h4,6-13H,1,5,14-15H2,2-3H3,(H,24,29). The number of thioether (sulfide) groups is 1. The lowest BCUT2D eigenvalue weighted by molar-refractivity contribution is -0.113. The van der Waals surface area contributed by atoms with Gasteiger partial charge in [-0.15, -0.1) is 16.8 Å². The summed E-state index contributed by atoms with van der Waals surface area (Å²) in [5.74, 6) is 1.36. The molecule has 1 heterocycles. The molecule has 1 amide bonds. The Morgan fingerprint density at radius 2 is 1.90 bits per heavy atom. The van der Waals surface area contributed by atoms with Gasteiger partial charge in [0.1, 0.15) is 5.75 Å². The van der Waals surface area contributed by atoms with Crippen molar-refractivity contribution >= 4 is 29.1 Å². The van der Waals surface area contributed by atoms with Gasteiger partial charge in [-0.3, -0.25) is 14.2 Å². The Bertz CT molecular complexity index is 1080. The molecule has 2 aromatic carbocycles. The number of hydrogen-bond donors (Lipinski definition) is 1. The lowest BCUT2D eigenvalue weighted by atomic mass is 10.1. The number of para-hydroxylation sites is 1. The van der Waals surface area contributed by atoms with Crippen molar-refractivity contribution < 1.29 is 14.3 Å². The summed E-state index contributed by atoms with van der Waals surface area (Å²) in [7, 11) is 0. The summed E-state index contributed by atoms with van der Waals surface area (Å²) < 4.78 is 7.63. The van der Waals surface area contributed by atoms with Crippen molar-refractivity contribution in [3.05, 3.63) is 66.7 Å². The number of hydrogen-bond acceptors (Lipinski definition) is 6. The smallest absolute Gasteiger partial charge is 0.234 e. The van der Waals surface area contributed by atoms with Gasteiger partial charge in [0, 0.05) is 17.8 Å². The molecule has 1 aromatic heterocycles. The summed E-state index contributed by atoms with van der Waals surface area (Å²) >= 11 is 1.29. The van der Waals surface area contributed by atoms with E-state index in [0.717, 1.165) is 11.3 Å². The van der Waals surface area contributed by atoms with Crippen molar-refractivity contribution in [2.75, 3.05) is 17.7 Å². The topological polar surface area (TPSA) is 86.1 Å². The monoisotopic (exact) mass is 436 g/mol. The summed E-state index contributed by atoms with van der Waals surface area (Å²) in [6.07, 6.45) is 1.76. The Kier molecular flexibility index (Phi) is 7.61. The van der Waals surface area contributed by atoms with Gasteiger partial charge in [-0.25, -0.2) is 0 Å². The lowest BCUT2D eigenvalue weighted by Gasteiger charge is -2.11. The fourth-order valence-electron chi connectivity index (χ4n) is 2.94. The molecule has 0 atom stereocenters. The average Bonchev–Trinajstić information content (AvgIpc) is 3.16. The third kappa shape index (κ3) is 5.61. The van der Waals surface area contributed by atoms with E-state index in [9.17, 15) is 9.59 Å². The Balaban J connectivity index is 1.73. The van der Waals surface area contributed by atoms with Gasteiger partial charge < -0.3 is 10.1 Å². The summed E-state index contributed by atoms with van der Waals surface area (Å²) in [6, 6.07) is 14.4. The lowest BCUT2D eigenvalue weighted by Crippen LogP contribution is -2.14. The van der Waals surface area contributed by atoms with Gasteiger partial charge in [-0.1, -0.05) is 30.0 Å². The van der Waals surface area contributed by atoms with E-state index >= 15 is 0 Å². The van der Waals surface area contributed by atoms with Crippen LogP contribution < -0.4 is 10.1 Å². The van der Waals surface area contributed by atoms with E-state index in [1.54, 1.807) is 30.3 Å². The fraction of sp³-hybridized carbons (Fsp3) is 0.217. The maximum absolute atomic E-state index is 12.4. The first-order valence-electron chi connectivity index (χ1n) is 9.83. The second-order valence-electron chi connectivity index (χ2n) is 6.61. The quantitative estimate of drug-likeness (QED) is 0.287. The van der Waals surface area contributed by atoms with Gasteiger partial charge in [-0.05, 0) is 50.2 Å². The molecule has 0 saturated heterocycles. The number of allylic oxidation sites excluding steroid dienone is 1. The Hall–Kier alpha value is -3.39. The Labute approximate surface area is 185 Å². The Morgan fingerprint density at radius 1 is 1.16 bits per heavy atom. The molecule has 0 fully saturated rings. The highest BCUT2D eigenvalue weighted by molar-refractivity contribution is 7.99. The minimum absolute atomic E-state index is 0.0169. The number of nitrogens with zero attached hydrogens (tertiary/aromatic N) is 3. The normalized spacial score (nSPS) is 10.5. The van der Waals surface area contributed by atoms with Crippen LogP contribution in [0.25, 0.3) is 11.4 Å². The first-order chi connectivity index (χ1) is 15.0. The summed E-state index contributed by atoms with van der Waals surface area (Å²) in [5.41, 5.74) is 2.07. The zero-order valence-electron chi connectivity index (χ0n) is 17.5. The van der Waals surface area contributed by atoms with E-state index in [-0.39, 0.29) is 17.4 Å². The highest BCUT2D eigenvalue weighted by atomic mass is 32.2. The van der Waals surface area contributed by atoms with Gasteiger partial charge in [0.25, 0.3) is 0 Å². The van der Waals surface area contributed by atoms with Crippen LogP contribution in [0, 0.1) is 0 Å². The highest BCUT2D eigenvalue weighted by Gasteiger charge is 2.18. The van der Waals surface area contributed by atoms with E-state index in [2.05, 4.69) is 22.1 Å². The van der Waals surface area contributed by atoms with E-state index in [1.807, 2.05) is 35.8 Å². The molecule has 1 N–H and O–H groups in total. The SMILES string of the molecule is C=CCn1c(SCC(=O)Nc2ccc(C(C)=O)cc2)nnc1-c1ccccc1OCC. The summed E-state index contributed by atoms with van der Waals surface area (Å²) in [4.78, 5) is 23.8. The van der Waals surface area contributed by atoms with Crippen molar-refractivity contribution in [1.29, 1.82) is 0 Å². The third-order valence-corrected chi connectivity index (χ3v) is 5.33.